The van der Waals surface area contributed by atoms with Gasteiger partial charge in [0.2, 0.25) is 0 Å². The SMILES string of the molecule is CC.COC(=O)C1=CNCC2=C1C=CN(Cc1ccc3cc(COC4CCCCO4)n(C(=O)OC(C)(C)C)c3c1)C2(C)O. The molecule has 10 nitrogen and oxygen atoms in total. The quantitative estimate of drug-likeness (QED) is 0.419. The van der Waals surface area contributed by atoms with Crippen LogP contribution in [0.25, 0.3) is 10.9 Å². The zero-order valence-electron chi connectivity index (χ0n) is 26.4. The van der Waals surface area contributed by atoms with E-state index in [0.717, 1.165) is 30.2 Å². The Labute approximate surface area is 253 Å². The molecule has 0 bridgehead atoms. The van der Waals surface area contributed by atoms with Gasteiger partial charge in [-0.3, -0.25) is 0 Å². The maximum absolute atomic E-state index is 13.4. The van der Waals surface area contributed by atoms with Gasteiger partial charge in [-0.2, -0.15) is 0 Å². The van der Waals surface area contributed by atoms with E-state index in [2.05, 4.69) is 5.32 Å². The molecular formula is C33H45N3O7. The molecule has 3 aliphatic heterocycles. The average molecular weight is 596 g/mol. The lowest BCUT2D eigenvalue weighted by Crippen LogP contribution is -2.49. The van der Waals surface area contributed by atoms with Gasteiger partial charge >= 0.3 is 12.1 Å². The predicted molar refractivity (Wildman–Crippen MR) is 164 cm³/mol. The molecule has 2 N–H and O–H groups in total. The van der Waals surface area contributed by atoms with E-state index >= 15 is 0 Å². The number of carbonyl (C=O) groups excluding carboxylic acids is 2. The summed E-state index contributed by atoms with van der Waals surface area (Å²) in [7, 11) is 1.33. The Morgan fingerprint density at radius 3 is 2.63 bits per heavy atom. The lowest BCUT2D eigenvalue weighted by molar-refractivity contribution is -0.169. The fraction of sp³-hybridized carbons (Fsp3) is 0.515. The average Bonchev–Trinajstić information content (AvgIpc) is 3.35. The zero-order chi connectivity index (χ0) is 31.4. The molecule has 1 fully saturated rings. The Bertz CT molecular complexity index is 1420. The summed E-state index contributed by atoms with van der Waals surface area (Å²) in [6.45, 7) is 12.8. The van der Waals surface area contributed by atoms with Gasteiger partial charge in [0.05, 0.1) is 30.5 Å². The molecule has 0 saturated carbocycles. The Hall–Kier alpha value is -3.60. The fourth-order valence-corrected chi connectivity index (χ4v) is 5.42. The van der Waals surface area contributed by atoms with Crippen molar-refractivity contribution in [2.24, 2.45) is 0 Å². The highest BCUT2D eigenvalue weighted by molar-refractivity contribution is 5.95. The second-order valence-electron chi connectivity index (χ2n) is 11.7. The molecule has 1 aromatic carbocycles. The van der Waals surface area contributed by atoms with Crippen LogP contribution < -0.4 is 5.32 Å². The smallest absolute Gasteiger partial charge is 0.419 e. The van der Waals surface area contributed by atoms with E-state index in [0.29, 0.717) is 47.6 Å². The zero-order valence-corrected chi connectivity index (χ0v) is 26.4. The second kappa shape index (κ2) is 13.4. The number of ether oxygens (including phenoxy) is 4. The molecule has 0 aliphatic carbocycles. The van der Waals surface area contributed by atoms with Gasteiger partial charge in [0.25, 0.3) is 0 Å². The molecule has 1 saturated heterocycles. The Kier molecular flexibility index (Phi) is 10.0. The molecule has 0 spiro atoms. The molecule has 2 atom stereocenters. The van der Waals surface area contributed by atoms with E-state index in [1.54, 1.807) is 28.8 Å². The molecule has 3 aliphatic rings. The highest BCUT2D eigenvalue weighted by atomic mass is 16.7. The number of methoxy groups -OCH3 is 1. The lowest BCUT2D eigenvalue weighted by atomic mass is 9.87. The number of benzene rings is 1. The van der Waals surface area contributed by atoms with Gasteiger partial charge in [-0.25, -0.2) is 14.2 Å². The van der Waals surface area contributed by atoms with Crippen molar-refractivity contribution in [3.05, 3.63) is 70.7 Å². The van der Waals surface area contributed by atoms with Crippen LogP contribution in [-0.4, -0.2) is 64.5 Å². The van der Waals surface area contributed by atoms with Crippen molar-refractivity contribution in [3.8, 4) is 0 Å². The van der Waals surface area contributed by atoms with E-state index in [9.17, 15) is 14.7 Å². The normalized spacial score (nSPS) is 21.8. The Morgan fingerprint density at radius 2 is 1.95 bits per heavy atom. The van der Waals surface area contributed by atoms with Crippen molar-refractivity contribution >= 4 is 23.0 Å². The third-order valence-corrected chi connectivity index (χ3v) is 7.53. The van der Waals surface area contributed by atoms with Crippen LogP contribution in [0.3, 0.4) is 0 Å². The van der Waals surface area contributed by atoms with E-state index in [4.69, 9.17) is 18.9 Å². The van der Waals surface area contributed by atoms with Crippen LogP contribution in [0.15, 0.2) is 59.5 Å². The second-order valence-corrected chi connectivity index (χ2v) is 11.7. The van der Waals surface area contributed by atoms with Gasteiger partial charge in [-0.15, -0.1) is 0 Å². The van der Waals surface area contributed by atoms with Crippen LogP contribution >= 0.6 is 0 Å². The van der Waals surface area contributed by atoms with Gasteiger partial charge in [0.15, 0.2) is 12.0 Å². The Balaban J connectivity index is 0.00000207. The van der Waals surface area contributed by atoms with Crippen LogP contribution in [-0.2, 0) is 36.9 Å². The number of hydrogen-bond acceptors (Lipinski definition) is 9. The molecule has 2 unspecified atom stereocenters. The first-order chi connectivity index (χ1) is 20.5. The molecular weight excluding hydrogens is 550 g/mol. The summed E-state index contributed by atoms with van der Waals surface area (Å²) in [5, 5.41) is 15.6. The van der Waals surface area contributed by atoms with Gasteiger partial charge in [0, 0.05) is 43.1 Å². The minimum absolute atomic E-state index is 0.206. The van der Waals surface area contributed by atoms with E-state index in [1.165, 1.54) is 7.11 Å². The molecule has 4 heterocycles. The van der Waals surface area contributed by atoms with E-state index in [1.807, 2.05) is 65.0 Å². The molecule has 1 aromatic heterocycles. The summed E-state index contributed by atoms with van der Waals surface area (Å²) in [5.41, 5.74) is 1.89. The number of allylic oxidation sites excluding steroid dienone is 1. The molecule has 234 valence electrons. The number of nitrogens with zero attached hydrogens (tertiary/aromatic N) is 2. The van der Waals surface area contributed by atoms with Crippen LogP contribution in [0.4, 0.5) is 4.79 Å². The number of rotatable bonds is 6. The third kappa shape index (κ3) is 7.14. The van der Waals surface area contributed by atoms with Gasteiger partial charge in [-0.1, -0.05) is 26.0 Å². The van der Waals surface area contributed by atoms with Crippen molar-refractivity contribution in [1.29, 1.82) is 0 Å². The fourth-order valence-electron chi connectivity index (χ4n) is 5.42. The number of aromatic nitrogens is 1. The number of aliphatic hydroxyl groups is 1. The molecule has 0 amide bonds. The molecule has 0 radical (unpaired) electrons. The molecule has 43 heavy (non-hydrogen) atoms. The summed E-state index contributed by atoms with van der Waals surface area (Å²) in [6, 6.07) is 7.81. The maximum Gasteiger partial charge on any atom is 0.419 e. The standard InChI is InChI=1S/C31H39N3O7.C2H6/c1-30(2,3)41-29(36)34-22(19-40-27-8-6-7-13-39-27)15-21-10-9-20(14-26(21)34)18-33-12-11-23-24(28(35)38-5)16-32-17-25(23)31(33,4)37;1-2/h9-12,14-16,27,32,37H,6-8,13,17-19H2,1-5H3;1-2H3. The number of dihydropyridines is 1. The van der Waals surface area contributed by atoms with Gasteiger partial charge in [-0.05, 0) is 76.3 Å². The molecule has 5 rings (SSSR count). The largest absolute Gasteiger partial charge is 0.465 e. The summed E-state index contributed by atoms with van der Waals surface area (Å²) in [5.74, 6) is -0.471. The first kappa shape index (κ1) is 32.3. The summed E-state index contributed by atoms with van der Waals surface area (Å²) in [4.78, 5) is 27.5. The first-order valence-electron chi connectivity index (χ1n) is 15.0. The van der Waals surface area contributed by atoms with Crippen molar-refractivity contribution in [2.45, 2.75) is 91.6 Å². The summed E-state index contributed by atoms with van der Waals surface area (Å²) in [6.07, 6.45) is 7.34. The monoisotopic (exact) mass is 595 g/mol. The van der Waals surface area contributed by atoms with Crippen molar-refractivity contribution in [2.75, 3.05) is 20.3 Å². The summed E-state index contributed by atoms with van der Waals surface area (Å²) >= 11 is 0. The molecule has 2 aromatic rings. The first-order valence-corrected chi connectivity index (χ1v) is 15.0. The van der Waals surface area contributed by atoms with E-state index < -0.39 is 23.4 Å². The van der Waals surface area contributed by atoms with Crippen LogP contribution in [0, 0.1) is 0 Å². The number of fused-ring (bicyclic) bond motifs is 1. The van der Waals surface area contributed by atoms with Gasteiger partial charge in [0.1, 0.15) is 5.60 Å². The minimum Gasteiger partial charge on any atom is -0.465 e. The maximum atomic E-state index is 13.4. The number of hydrogen-bond donors (Lipinski definition) is 2. The van der Waals surface area contributed by atoms with Crippen molar-refractivity contribution < 1.29 is 33.6 Å². The number of carbonyl (C=O) groups is 2. The van der Waals surface area contributed by atoms with Gasteiger partial charge < -0.3 is 34.3 Å². The highest BCUT2D eigenvalue weighted by Crippen LogP contribution is 2.36. The Morgan fingerprint density at radius 1 is 1.19 bits per heavy atom. The number of nitrogens with one attached hydrogen (secondary N) is 1. The third-order valence-electron chi connectivity index (χ3n) is 7.53. The molecule has 10 heteroatoms. The van der Waals surface area contributed by atoms with Crippen molar-refractivity contribution in [1.82, 2.24) is 14.8 Å². The van der Waals surface area contributed by atoms with Crippen LogP contribution in [0.1, 0.15) is 72.1 Å². The number of esters is 1. The van der Waals surface area contributed by atoms with Crippen LogP contribution in [0.2, 0.25) is 0 Å². The predicted octanol–water partition coefficient (Wildman–Crippen LogP) is 5.49. The summed E-state index contributed by atoms with van der Waals surface area (Å²) < 4.78 is 24.0. The minimum atomic E-state index is -1.37. The highest BCUT2D eigenvalue weighted by Gasteiger charge is 2.39. The topological polar surface area (TPSA) is 111 Å². The van der Waals surface area contributed by atoms with E-state index in [-0.39, 0.29) is 12.9 Å². The lowest BCUT2D eigenvalue weighted by Gasteiger charge is -2.43. The van der Waals surface area contributed by atoms with Crippen molar-refractivity contribution in [3.63, 3.8) is 0 Å². The van der Waals surface area contributed by atoms with Crippen LogP contribution in [0.5, 0.6) is 0 Å².